The molecule has 0 unspecified atom stereocenters. The molecule has 0 radical (unpaired) electrons. The molecule has 2 aromatic carbocycles. The Morgan fingerprint density at radius 1 is 1.32 bits per heavy atom. The molecule has 0 saturated heterocycles. The van der Waals surface area contributed by atoms with Gasteiger partial charge in [-0.2, -0.15) is 5.10 Å². The summed E-state index contributed by atoms with van der Waals surface area (Å²) < 4.78 is 27.1. The number of aryl methyl sites for hydroxylation is 1. The van der Waals surface area contributed by atoms with Crippen molar-refractivity contribution in [2.45, 2.75) is 43.7 Å². The molecule has 10 heteroatoms. The van der Waals surface area contributed by atoms with Gasteiger partial charge in [-0.05, 0) is 68.5 Å². The Bertz CT molecular complexity index is 1670. The average molecular weight is 565 g/mol. The van der Waals surface area contributed by atoms with E-state index in [-0.39, 0.29) is 36.2 Å². The number of benzene rings is 2. The highest BCUT2D eigenvalue weighted by atomic mass is 35.5. The van der Waals surface area contributed by atoms with Gasteiger partial charge in [0.15, 0.2) is 11.5 Å². The van der Waals surface area contributed by atoms with Crippen LogP contribution >= 0.6 is 11.6 Å². The van der Waals surface area contributed by atoms with Gasteiger partial charge in [-0.15, -0.1) is 0 Å². The summed E-state index contributed by atoms with van der Waals surface area (Å²) in [5.74, 6) is 0.280. The van der Waals surface area contributed by atoms with Crippen molar-refractivity contribution in [1.29, 1.82) is 0 Å². The molecule has 3 heterocycles. The van der Waals surface area contributed by atoms with Crippen LogP contribution in [0.25, 0.3) is 22.2 Å². The number of aromatic nitrogens is 3. The molecule has 3 N–H and O–H groups in total. The number of nitrogens with two attached hydrogens (primary N) is 1. The second kappa shape index (κ2) is 9.54. The maximum atomic E-state index is 14.0. The Morgan fingerprint density at radius 3 is 2.80 bits per heavy atom. The minimum Gasteiger partial charge on any atom is -0.494 e. The van der Waals surface area contributed by atoms with Crippen molar-refractivity contribution in [1.82, 2.24) is 14.8 Å². The molecule has 1 aliphatic heterocycles. The first-order chi connectivity index (χ1) is 19.0. The Labute approximate surface area is 235 Å². The number of carbonyl (C=O) groups excluding carboxylic acids is 1. The lowest BCUT2D eigenvalue weighted by Crippen LogP contribution is -2.35. The smallest absolute Gasteiger partial charge is 0.163 e. The molecule has 1 aliphatic carbocycles. The third-order valence-electron chi connectivity index (χ3n) is 7.96. The maximum Gasteiger partial charge on any atom is 0.163 e. The van der Waals surface area contributed by atoms with Gasteiger partial charge in [0.1, 0.15) is 35.0 Å². The largest absolute Gasteiger partial charge is 0.494 e. The van der Waals surface area contributed by atoms with Crippen LogP contribution in [0.3, 0.4) is 0 Å². The summed E-state index contributed by atoms with van der Waals surface area (Å²) in [5.41, 5.74) is 7.65. The van der Waals surface area contributed by atoms with E-state index in [1.165, 1.54) is 12.1 Å². The molecule has 2 atom stereocenters. The fourth-order valence-electron chi connectivity index (χ4n) is 5.55. The third kappa shape index (κ3) is 4.52. The average Bonchev–Trinajstić information content (AvgIpc) is 3.65. The van der Waals surface area contributed by atoms with Crippen molar-refractivity contribution < 1.29 is 23.8 Å². The van der Waals surface area contributed by atoms with Gasteiger partial charge in [-0.3, -0.25) is 9.48 Å². The lowest BCUT2D eigenvalue weighted by molar-refractivity contribution is -0.00116. The number of halogens is 2. The number of hydrogen-bond donors (Lipinski definition) is 2. The van der Waals surface area contributed by atoms with E-state index in [1.54, 1.807) is 36.1 Å². The zero-order chi connectivity index (χ0) is 28.4. The molecule has 40 heavy (non-hydrogen) atoms. The van der Waals surface area contributed by atoms with Gasteiger partial charge in [-0.25, -0.2) is 9.37 Å². The van der Waals surface area contributed by atoms with E-state index in [1.807, 2.05) is 20.2 Å². The van der Waals surface area contributed by atoms with Crippen molar-refractivity contribution in [3.05, 3.63) is 70.3 Å². The topological polar surface area (TPSA) is 112 Å². The molecule has 1 saturated carbocycles. The number of fused-ring (bicyclic) bond motifs is 2. The first kappa shape index (κ1) is 26.7. The number of nitrogens with zero attached hydrogens (tertiary/aromatic N) is 3. The third-order valence-corrected chi connectivity index (χ3v) is 8.25. The lowest BCUT2D eigenvalue weighted by atomic mass is 9.83. The summed E-state index contributed by atoms with van der Waals surface area (Å²) in [5, 5.41) is 17.3. The molecular weight excluding hydrogens is 535 g/mol. The van der Waals surface area contributed by atoms with Crippen LogP contribution in [-0.2, 0) is 18.2 Å². The highest BCUT2D eigenvalue weighted by molar-refractivity contribution is 6.31. The van der Waals surface area contributed by atoms with Crippen LogP contribution in [0, 0.1) is 11.7 Å². The van der Waals surface area contributed by atoms with Crippen molar-refractivity contribution in [2.75, 3.05) is 13.7 Å². The van der Waals surface area contributed by atoms with Gasteiger partial charge in [0.05, 0.1) is 23.4 Å². The summed E-state index contributed by atoms with van der Waals surface area (Å²) >= 11 is 6.09. The summed E-state index contributed by atoms with van der Waals surface area (Å²) in [6.07, 6.45) is 3.72. The fourth-order valence-corrected chi connectivity index (χ4v) is 5.73. The molecule has 0 bridgehead atoms. The second-order valence-corrected chi connectivity index (χ2v) is 11.5. The van der Waals surface area contributed by atoms with Gasteiger partial charge in [0.25, 0.3) is 0 Å². The normalized spacial score (nSPS) is 19.8. The van der Waals surface area contributed by atoms with Crippen LogP contribution in [-0.4, -0.2) is 39.4 Å². The van der Waals surface area contributed by atoms with Crippen molar-refractivity contribution in [3.63, 3.8) is 0 Å². The first-order valence-electron chi connectivity index (χ1n) is 13.2. The number of ether oxygens (including phenoxy) is 2. The van der Waals surface area contributed by atoms with Gasteiger partial charge < -0.3 is 20.3 Å². The van der Waals surface area contributed by atoms with Gasteiger partial charge in [0, 0.05) is 41.7 Å². The van der Waals surface area contributed by atoms with Crippen LogP contribution in [0.15, 0.2) is 42.6 Å². The van der Waals surface area contributed by atoms with Crippen LogP contribution in [0.2, 0.25) is 5.02 Å². The number of rotatable bonds is 8. The number of hydrogen-bond acceptors (Lipinski definition) is 7. The number of pyridine rings is 1. The first-order valence-corrected chi connectivity index (χ1v) is 13.6. The van der Waals surface area contributed by atoms with Gasteiger partial charge in [0.2, 0.25) is 0 Å². The molecule has 1 fully saturated rings. The van der Waals surface area contributed by atoms with E-state index < -0.39 is 17.0 Å². The summed E-state index contributed by atoms with van der Waals surface area (Å²) in [7, 11) is 3.36. The predicted octanol–water partition coefficient (Wildman–Crippen LogP) is 5.26. The molecular formula is C30H30ClFN4O4. The molecule has 6 rings (SSSR count). The quantitative estimate of drug-likeness (QED) is 0.281. The van der Waals surface area contributed by atoms with E-state index in [9.17, 15) is 14.3 Å². The Balaban J connectivity index is 1.37. The Morgan fingerprint density at radius 2 is 2.10 bits per heavy atom. The second-order valence-electron chi connectivity index (χ2n) is 11.1. The highest BCUT2D eigenvalue weighted by Gasteiger charge is 2.48. The number of methoxy groups -OCH3 is 1. The molecule has 0 spiro atoms. The predicted molar refractivity (Wildman–Crippen MR) is 149 cm³/mol. The monoisotopic (exact) mass is 564 g/mol. The zero-order valence-electron chi connectivity index (χ0n) is 22.5. The standard InChI is InChI=1S/C30H30ClFN4O4/c1-29(33)15-40-28-20(29)13-25(34-27(28)16-4-7-22(32)21(31)11-16)30(38,19-5-6-19)9-8-23(37)17-10-18-14-36(2)35-26(18)24(12-17)39-3/h4,7,10-14,19,38H,5-6,8-9,15,33H2,1-3H3/t29-,30+/m0/s1. The maximum absolute atomic E-state index is 14.0. The summed E-state index contributed by atoms with van der Waals surface area (Å²) in [4.78, 5) is 18.3. The fraction of sp³-hybridized carbons (Fsp3) is 0.367. The number of Topliss-reactive ketones (excluding diaryl/α,β-unsaturated/α-hetero) is 1. The number of carbonyl (C=O) groups is 1. The Hall–Kier alpha value is -3.53. The van der Waals surface area contributed by atoms with Crippen molar-refractivity contribution >= 4 is 28.3 Å². The molecule has 208 valence electrons. The van der Waals surface area contributed by atoms with E-state index in [4.69, 9.17) is 31.8 Å². The van der Waals surface area contributed by atoms with E-state index >= 15 is 0 Å². The number of aliphatic hydroxyl groups is 1. The molecule has 0 amide bonds. The minimum absolute atomic E-state index is 0.0453. The molecule has 2 aliphatic rings. The lowest BCUT2D eigenvalue weighted by Gasteiger charge is -2.29. The zero-order valence-corrected chi connectivity index (χ0v) is 23.3. The van der Waals surface area contributed by atoms with E-state index in [0.29, 0.717) is 45.1 Å². The summed E-state index contributed by atoms with van der Waals surface area (Å²) in [6, 6.07) is 9.61. The van der Waals surface area contributed by atoms with E-state index in [0.717, 1.165) is 18.2 Å². The van der Waals surface area contributed by atoms with Crippen LogP contribution in [0.1, 0.15) is 54.2 Å². The summed E-state index contributed by atoms with van der Waals surface area (Å²) in [6.45, 7) is 2.08. The van der Waals surface area contributed by atoms with Gasteiger partial charge in [-0.1, -0.05) is 11.6 Å². The minimum atomic E-state index is -1.37. The Kier molecular flexibility index (Phi) is 6.36. The molecule has 8 nitrogen and oxygen atoms in total. The van der Waals surface area contributed by atoms with Gasteiger partial charge >= 0.3 is 0 Å². The van der Waals surface area contributed by atoms with Crippen LogP contribution < -0.4 is 15.2 Å². The number of ketones is 1. The molecule has 4 aromatic rings. The van der Waals surface area contributed by atoms with Crippen LogP contribution in [0.5, 0.6) is 11.5 Å². The van der Waals surface area contributed by atoms with Crippen molar-refractivity contribution in [2.24, 2.45) is 18.7 Å². The van der Waals surface area contributed by atoms with Crippen molar-refractivity contribution in [3.8, 4) is 22.8 Å². The highest BCUT2D eigenvalue weighted by Crippen LogP contribution is 2.51. The SMILES string of the molecule is COc1cc(C(=O)CC[C@](O)(c2cc3c(c(-c4ccc(F)c(Cl)c4)n2)OC[C@]3(C)N)C2CC2)cc2cn(C)nc12. The van der Waals surface area contributed by atoms with Crippen LogP contribution in [0.4, 0.5) is 4.39 Å². The van der Waals surface area contributed by atoms with E-state index in [2.05, 4.69) is 5.10 Å². The molecule has 2 aromatic heterocycles.